The summed E-state index contributed by atoms with van der Waals surface area (Å²) in [5.74, 6) is -1.61. The predicted octanol–water partition coefficient (Wildman–Crippen LogP) is 2.25. The van der Waals surface area contributed by atoms with E-state index in [0.29, 0.717) is 16.2 Å². The summed E-state index contributed by atoms with van der Waals surface area (Å²) < 4.78 is 11.8. The average Bonchev–Trinajstić information content (AvgIpc) is 3.41. The van der Waals surface area contributed by atoms with Crippen molar-refractivity contribution in [1.29, 1.82) is 0 Å². The third-order valence-electron chi connectivity index (χ3n) is 4.51. The highest BCUT2D eigenvalue weighted by Crippen LogP contribution is 2.39. The van der Waals surface area contributed by atoms with Crippen LogP contribution in [0.3, 0.4) is 0 Å². The van der Waals surface area contributed by atoms with Crippen LogP contribution in [0.5, 0.6) is 0 Å². The second-order valence-corrected chi connectivity index (χ2v) is 7.53. The summed E-state index contributed by atoms with van der Waals surface area (Å²) in [6.07, 6.45) is 5.64. The summed E-state index contributed by atoms with van der Waals surface area (Å²) in [6, 6.07) is 3.18. The molecule has 3 aromatic heterocycles. The Morgan fingerprint density at radius 1 is 1.21 bits per heavy atom. The third kappa shape index (κ3) is 3.83. The highest BCUT2D eigenvalue weighted by Gasteiger charge is 2.28. The van der Waals surface area contributed by atoms with E-state index in [4.69, 9.17) is 9.47 Å². The molecule has 0 aromatic carbocycles. The fourth-order valence-corrected chi connectivity index (χ4v) is 4.53. The van der Waals surface area contributed by atoms with E-state index in [-0.39, 0.29) is 12.2 Å². The van der Waals surface area contributed by atoms with Gasteiger partial charge in [0.15, 0.2) is 12.3 Å². The molecule has 0 saturated carbocycles. The minimum atomic E-state index is -0.643. The number of ether oxygens (including phenoxy) is 2. The highest BCUT2D eigenvalue weighted by atomic mass is 32.1. The summed E-state index contributed by atoms with van der Waals surface area (Å²) in [5, 5.41) is 10.7. The minimum absolute atomic E-state index is 0.255. The van der Waals surface area contributed by atoms with Crippen molar-refractivity contribution < 1.29 is 23.9 Å². The number of hydrogen-bond acceptors (Lipinski definition) is 8. The average molecular weight is 414 g/mol. The lowest BCUT2D eigenvalue weighted by Gasteiger charge is -2.08. The molecule has 0 aliphatic heterocycles. The number of thiophene rings is 1. The van der Waals surface area contributed by atoms with Gasteiger partial charge in [0.05, 0.1) is 17.7 Å². The number of hydrogen-bond donors (Lipinski definition) is 1. The summed E-state index contributed by atoms with van der Waals surface area (Å²) in [7, 11) is 0. The molecule has 0 radical (unpaired) electrons. The van der Waals surface area contributed by atoms with Crippen molar-refractivity contribution in [1.82, 2.24) is 14.6 Å². The van der Waals surface area contributed by atoms with Crippen LogP contribution in [0.1, 0.15) is 44.5 Å². The fraction of sp³-hybridized carbons (Fsp3) is 0.316. The van der Waals surface area contributed by atoms with E-state index >= 15 is 0 Å². The molecule has 0 spiro atoms. The van der Waals surface area contributed by atoms with Gasteiger partial charge in [0, 0.05) is 11.1 Å². The van der Waals surface area contributed by atoms with Crippen molar-refractivity contribution >= 4 is 39.8 Å². The summed E-state index contributed by atoms with van der Waals surface area (Å²) in [6.45, 7) is 1.52. The van der Waals surface area contributed by atoms with Crippen molar-refractivity contribution in [2.24, 2.45) is 0 Å². The standard InChI is InChI=1S/C19H18N4O5S/c1-2-27-19(26)16-12-4-3-5-13(12)29-17(16)21-15(24)9-28-18(25)11-6-7-14-22-20-10-23(14)8-11/h6-8,10H,2-5,9H2,1H3,(H,21,24). The number of aryl methyl sites for hydroxylation is 1. The van der Waals surface area contributed by atoms with Crippen molar-refractivity contribution in [3.8, 4) is 0 Å². The number of pyridine rings is 1. The molecule has 1 amide bonds. The van der Waals surface area contributed by atoms with Gasteiger partial charge in [-0.3, -0.25) is 9.20 Å². The van der Waals surface area contributed by atoms with Crippen LogP contribution in [-0.2, 0) is 27.1 Å². The Labute approximate surface area is 169 Å². The van der Waals surface area contributed by atoms with Crippen LogP contribution in [0.2, 0.25) is 0 Å². The van der Waals surface area contributed by atoms with Gasteiger partial charge in [-0.15, -0.1) is 21.5 Å². The van der Waals surface area contributed by atoms with Gasteiger partial charge in [-0.05, 0) is 43.9 Å². The van der Waals surface area contributed by atoms with Crippen LogP contribution in [-0.4, -0.2) is 45.7 Å². The zero-order valence-corrected chi connectivity index (χ0v) is 16.5. The number of carbonyl (C=O) groups excluding carboxylic acids is 3. The van der Waals surface area contributed by atoms with Gasteiger partial charge < -0.3 is 14.8 Å². The molecule has 10 heteroatoms. The van der Waals surface area contributed by atoms with Gasteiger partial charge >= 0.3 is 11.9 Å². The highest BCUT2D eigenvalue weighted by molar-refractivity contribution is 7.17. The monoisotopic (exact) mass is 414 g/mol. The number of esters is 2. The quantitative estimate of drug-likeness (QED) is 0.616. The first-order valence-corrected chi connectivity index (χ1v) is 9.96. The van der Waals surface area contributed by atoms with E-state index in [1.807, 2.05) is 0 Å². The van der Waals surface area contributed by atoms with Crippen molar-refractivity contribution in [3.05, 3.63) is 46.2 Å². The number of carbonyl (C=O) groups is 3. The molecule has 1 aliphatic rings. The first-order chi connectivity index (χ1) is 14.1. The normalized spacial score (nSPS) is 12.6. The van der Waals surface area contributed by atoms with Gasteiger partial charge in [0.2, 0.25) is 0 Å². The Morgan fingerprint density at radius 2 is 2.07 bits per heavy atom. The van der Waals surface area contributed by atoms with Gasteiger partial charge in [0.25, 0.3) is 5.91 Å². The minimum Gasteiger partial charge on any atom is -0.462 e. The van der Waals surface area contributed by atoms with Crippen LogP contribution >= 0.6 is 11.3 Å². The molecule has 4 rings (SSSR count). The fourth-order valence-electron chi connectivity index (χ4n) is 3.24. The van der Waals surface area contributed by atoms with Gasteiger partial charge in [0.1, 0.15) is 11.3 Å². The number of nitrogens with one attached hydrogen (secondary N) is 1. The lowest BCUT2D eigenvalue weighted by molar-refractivity contribution is -0.119. The molecule has 3 heterocycles. The number of amides is 1. The van der Waals surface area contributed by atoms with E-state index in [2.05, 4.69) is 15.5 Å². The molecular weight excluding hydrogens is 396 g/mol. The third-order valence-corrected chi connectivity index (χ3v) is 5.72. The molecule has 9 nitrogen and oxygen atoms in total. The summed E-state index contributed by atoms with van der Waals surface area (Å²) in [4.78, 5) is 38.0. The summed E-state index contributed by atoms with van der Waals surface area (Å²) in [5.41, 5.74) is 2.23. The topological polar surface area (TPSA) is 112 Å². The first-order valence-electron chi connectivity index (χ1n) is 9.15. The second-order valence-electron chi connectivity index (χ2n) is 6.42. The molecule has 0 bridgehead atoms. The van der Waals surface area contributed by atoms with Crippen molar-refractivity contribution in [3.63, 3.8) is 0 Å². The molecule has 0 saturated heterocycles. The number of fused-ring (bicyclic) bond motifs is 2. The Bertz CT molecular complexity index is 1100. The Kier molecular flexibility index (Phi) is 5.26. The molecule has 0 atom stereocenters. The number of aromatic nitrogens is 3. The smallest absolute Gasteiger partial charge is 0.341 e. The Hall–Kier alpha value is -3.27. The lowest BCUT2D eigenvalue weighted by Crippen LogP contribution is -2.22. The van der Waals surface area contributed by atoms with Gasteiger partial charge in [-0.25, -0.2) is 9.59 Å². The van der Waals surface area contributed by atoms with E-state index in [1.165, 1.54) is 23.9 Å². The lowest BCUT2D eigenvalue weighted by atomic mass is 10.1. The molecule has 0 fully saturated rings. The van der Waals surface area contributed by atoms with E-state index in [1.54, 1.807) is 23.5 Å². The number of anilines is 1. The van der Waals surface area contributed by atoms with E-state index in [0.717, 1.165) is 29.7 Å². The Balaban J connectivity index is 1.42. The van der Waals surface area contributed by atoms with Gasteiger partial charge in [-0.2, -0.15) is 0 Å². The van der Waals surface area contributed by atoms with E-state index in [9.17, 15) is 14.4 Å². The second kappa shape index (κ2) is 8.00. The van der Waals surface area contributed by atoms with Crippen LogP contribution < -0.4 is 5.32 Å². The molecule has 1 N–H and O–H groups in total. The van der Waals surface area contributed by atoms with Crippen LogP contribution in [0.4, 0.5) is 5.00 Å². The van der Waals surface area contributed by atoms with Crippen LogP contribution in [0, 0.1) is 0 Å². The maximum absolute atomic E-state index is 12.3. The van der Waals surface area contributed by atoms with Crippen molar-refractivity contribution in [2.45, 2.75) is 26.2 Å². The van der Waals surface area contributed by atoms with Gasteiger partial charge in [-0.1, -0.05) is 0 Å². The maximum Gasteiger partial charge on any atom is 0.341 e. The molecular formula is C19H18N4O5S. The molecule has 3 aromatic rings. The summed E-state index contributed by atoms with van der Waals surface area (Å²) >= 11 is 1.37. The molecule has 0 unspecified atom stereocenters. The number of rotatable bonds is 6. The number of nitrogens with zero attached hydrogens (tertiary/aromatic N) is 3. The Morgan fingerprint density at radius 3 is 2.90 bits per heavy atom. The zero-order valence-electron chi connectivity index (χ0n) is 15.6. The maximum atomic E-state index is 12.3. The first kappa shape index (κ1) is 19.1. The zero-order chi connectivity index (χ0) is 20.4. The van der Waals surface area contributed by atoms with Crippen LogP contribution in [0.15, 0.2) is 24.7 Å². The molecule has 29 heavy (non-hydrogen) atoms. The van der Waals surface area contributed by atoms with Crippen molar-refractivity contribution in [2.75, 3.05) is 18.5 Å². The van der Waals surface area contributed by atoms with E-state index < -0.39 is 24.5 Å². The molecule has 150 valence electrons. The largest absolute Gasteiger partial charge is 0.462 e. The van der Waals surface area contributed by atoms with Crippen LogP contribution in [0.25, 0.3) is 5.65 Å². The predicted molar refractivity (Wildman–Crippen MR) is 104 cm³/mol. The molecule has 1 aliphatic carbocycles. The SMILES string of the molecule is CCOC(=O)c1c(NC(=O)COC(=O)c2ccc3nncn3c2)sc2c1CCC2.